The lowest BCUT2D eigenvalue weighted by atomic mass is 9.93. The van der Waals surface area contributed by atoms with Gasteiger partial charge in [-0.2, -0.15) is 0 Å². The van der Waals surface area contributed by atoms with Gasteiger partial charge in [0.25, 0.3) is 0 Å². The van der Waals surface area contributed by atoms with Crippen molar-refractivity contribution in [3.05, 3.63) is 150 Å². The van der Waals surface area contributed by atoms with Crippen LogP contribution in [0.5, 0.6) is 5.75 Å². The molecule has 9 nitrogen and oxygen atoms in total. The average Bonchev–Trinajstić information content (AvgIpc) is 3.17. The van der Waals surface area contributed by atoms with Gasteiger partial charge in [0.2, 0.25) is 11.8 Å². The average molecular weight is 705 g/mol. The highest BCUT2D eigenvalue weighted by Crippen LogP contribution is 2.27. The zero-order valence-electron chi connectivity index (χ0n) is 29.6. The van der Waals surface area contributed by atoms with Crippen molar-refractivity contribution < 1.29 is 33.7 Å². The molecule has 5 rings (SSSR count). The second-order valence-electron chi connectivity index (χ2n) is 13.1. The minimum absolute atomic E-state index is 0.0827. The molecule has 0 bridgehead atoms. The summed E-state index contributed by atoms with van der Waals surface area (Å²) in [6, 6.07) is 35.3. The lowest BCUT2D eigenvalue weighted by Crippen LogP contribution is -2.48. The van der Waals surface area contributed by atoms with Crippen molar-refractivity contribution in [3.63, 3.8) is 0 Å². The van der Waals surface area contributed by atoms with E-state index in [4.69, 9.17) is 14.2 Å². The van der Waals surface area contributed by atoms with Gasteiger partial charge in [-0.05, 0) is 60.1 Å². The summed E-state index contributed by atoms with van der Waals surface area (Å²) in [5.74, 6) is -1.51. The van der Waals surface area contributed by atoms with E-state index in [0.717, 1.165) is 28.0 Å². The summed E-state index contributed by atoms with van der Waals surface area (Å²) < 4.78 is 17.6. The Labute approximate surface area is 306 Å². The number of nitrogens with one attached hydrogen (secondary N) is 2. The number of carbonyl (C=O) groups excluding carboxylic acids is 3. The molecule has 5 atom stereocenters. The Morgan fingerprint density at radius 1 is 0.827 bits per heavy atom. The van der Waals surface area contributed by atoms with Crippen molar-refractivity contribution in [2.45, 2.75) is 56.9 Å². The molecule has 1 heterocycles. The SMILES string of the molecule is COC[C@@H]1NC(=O)[C@@H](CC(=O)N[C@H](CO)Cc2ccc(OCc3ccccc3)cc2)CC=CC[C@@H](Cc2ccccc2)C(=O)O[C@H]1c1ccccc1. The number of amides is 2. The summed E-state index contributed by atoms with van der Waals surface area (Å²) in [5, 5.41) is 16.1. The number of allylic oxidation sites excluding steroid dienone is 2. The van der Waals surface area contributed by atoms with Crippen molar-refractivity contribution >= 4 is 17.8 Å². The van der Waals surface area contributed by atoms with Crippen LogP contribution in [0.1, 0.15) is 47.6 Å². The molecule has 2 amide bonds. The predicted octanol–water partition coefficient (Wildman–Crippen LogP) is 5.92. The normalized spacial score (nSPS) is 20.0. The van der Waals surface area contributed by atoms with Crippen LogP contribution in [0.25, 0.3) is 0 Å². The number of hydrogen-bond donors (Lipinski definition) is 3. The Hall–Kier alpha value is -5.25. The van der Waals surface area contributed by atoms with E-state index < -0.39 is 30.0 Å². The maximum absolute atomic E-state index is 13.9. The van der Waals surface area contributed by atoms with Gasteiger partial charge in [-0.15, -0.1) is 0 Å². The van der Waals surface area contributed by atoms with Crippen LogP contribution in [0.15, 0.2) is 127 Å². The Morgan fingerprint density at radius 3 is 2.08 bits per heavy atom. The first-order valence-corrected chi connectivity index (χ1v) is 17.8. The molecular weight excluding hydrogens is 656 g/mol. The molecule has 1 aliphatic heterocycles. The zero-order chi connectivity index (χ0) is 36.5. The Balaban J connectivity index is 1.27. The fourth-order valence-corrected chi connectivity index (χ4v) is 6.32. The molecule has 0 aromatic heterocycles. The minimum Gasteiger partial charge on any atom is -0.489 e. The van der Waals surface area contributed by atoms with Gasteiger partial charge in [-0.3, -0.25) is 14.4 Å². The van der Waals surface area contributed by atoms with Crippen LogP contribution < -0.4 is 15.4 Å². The highest BCUT2D eigenvalue weighted by atomic mass is 16.5. The molecule has 4 aromatic carbocycles. The third-order valence-corrected chi connectivity index (χ3v) is 9.12. The molecule has 0 saturated carbocycles. The third kappa shape index (κ3) is 11.6. The first-order valence-electron chi connectivity index (χ1n) is 17.8. The molecule has 0 spiro atoms. The number of esters is 1. The van der Waals surface area contributed by atoms with E-state index >= 15 is 0 Å². The molecule has 52 heavy (non-hydrogen) atoms. The number of aliphatic hydroxyl groups excluding tert-OH is 1. The molecule has 0 radical (unpaired) electrons. The number of rotatable bonds is 14. The summed E-state index contributed by atoms with van der Waals surface area (Å²) in [6.45, 7) is 0.273. The van der Waals surface area contributed by atoms with Crippen molar-refractivity contribution in [2.75, 3.05) is 20.3 Å². The number of cyclic esters (lactones) is 1. The fraction of sp³-hybridized carbons (Fsp3) is 0.326. The second-order valence-corrected chi connectivity index (χ2v) is 13.1. The smallest absolute Gasteiger partial charge is 0.310 e. The molecule has 0 fully saturated rings. The number of hydrogen-bond acceptors (Lipinski definition) is 7. The van der Waals surface area contributed by atoms with Gasteiger partial charge < -0.3 is 30.0 Å². The van der Waals surface area contributed by atoms with Gasteiger partial charge >= 0.3 is 5.97 Å². The first-order chi connectivity index (χ1) is 25.4. The maximum atomic E-state index is 13.9. The van der Waals surface area contributed by atoms with Crippen LogP contribution in [0.2, 0.25) is 0 Å². The molecule has 9 heteroatoms. The molecule has 0 unspecified atom stereocenters. The van der Waals surface area contributed by atoms with E-state index in [1.807, 2.05) is 127 Å². The monoisotopic (exact) mass is 704 g/mol. The predicted molar refractivity (Wildman–Crippen MR) is 199 cm³/mol. The standard InChI is InChI=1S/C43H48N2O7/c1-50-30-39-41(34-17-9-4-10-18-34)52-43(49)36(25-31-13-5-2-6-14-31)20-12-11-19-35(42(48)45-39)27-40(47)44-37(28-46)26-32-21-23-38(24-22-32)51-29-33-15-7-3-8-16-33/h2-18,21-24,35-37,39,41,46H,19-20,25-30H2,1H3,(H,44,47)(H,45,48)/t35-,36+,37+,39+,41+/m1/s1. The van der Waals surface area contributed by atoms with Crippen LogP contribution >= 0.6 is 0 Å². The summed E-state index contributed by atoms with van der Waals surface area (Å²) in [7, 11) is 1.53. The first kappa shape index (κ1) is 38.0. The number of benzene rings is 4. The summed E-state index contributed by atoms with van der Waals surface area (Å²) >= 11 is 0. The van der Waals surface area contributed by atoms with Gasteiger partial charge in [-0.1, -0.05) is 115 Å². The molecule has 0 saturated heterocycles. The quantitative estimate of drug-likeness (QED) is 0.110. The molecule has 4 aromatic rings. The van der Waals surface area contributed by atoms with Crippen molar-refractivity contribution in [1.82, 2.24) is 10.6 Å². The van der Waals surface area contributed by atoms with Crippen molar-refractivity contribution in [2.24, 2.45) is 11.8 Å². The number of carbonyl (C=O) groups is 3. The summed E-state index contributed by atoms with van der Waals surface area (Å²) in [5.41, 5.74) is 3.73. The van der Waals surface area contributed by atoms with Gasteiger partial charge in [0.1, 0.15) is 18.5 Å². The molecule has 3 N–H and O–H groups in total. The zero-order valence-corrected chi connectivity index (χ0v) is 29.6. The molecule has 1 aliphatic rings. The van der Waals surface area contributed by atoms with Crippen LogP contribution in [0, 0.1) is 11.8 Å². The summed E-state index contributed by atoms with van der Waals surface area (Å²) in [6.07, 6.45) is 4.43. The lowest BCUT2D eigenvalue weighted by Gasteiger charge is -2.31. The van der Waals surface area contributed by atoms with Crippen LogP contribution in [0.3, 0.4) is 0 Å². The topological polar surface area (TPSA) is 123 Å². The largest absolute Gasteiger partial charge is 0.489 e. The van der Waals surface area contributed by atoms with Gasteiger partial charge in [0, 0.05) is 13.5 Å². The number of methoxy groups -OCH3 is 1. The van der Waals surface area contributed by atoms with Gasteiger partial charge in [0.15, 0.2) is 0 Å². The van der Waals surface area contributed by atoms with Crippen LogP contribution in [0.4, 0.5) is 0 Å². The highest BCUT2D eigenvalue weighted by molar-refractivity contribution is 5.86. The van der Waals surface area contributed by atoms with E-state index in [1.165, 1.54) is 7.11 Å². The number of aliphatic hydroxyl groups is 1. The van der Waals surface area contributed by atoms with Crippen molar-refractivity contribution in [1.29, 1.82) is 0 Å². The molecule has 0 aliphatic carbocycles. The Morgan fingerprint density at radius 2 is 1.44 bits per heavy atom. The third-order valence-electron chi connectivity index (χ3n) is 9.12. The van der Waals surface area contributed by atoms with E-state index in [9.17, 15) is 19.5 Å². The van der Waals surface area contributed by atoms with E-state index in [-0.39, 0.29) is 43.8 Å². The van der Waals surface area contributed by atoms with Crippen LogP contribution in [-0.2, 0) is 43.3 Å². The van der Waals surface area contributed by atoms with Gasteiger partial charge in [0.05, 0.1) is 37.1 Å². The maximum Gasteiger partial charge on any atom is 0.310 e. The van der Waals surface area contributed by atoms with Crippen LogP contribution in [-0.4, -0.2) is 55.3 Å². The minimum atomic E-state index is -0.817. The Kier molecular flexibility index (Phi) is 14.6. The molecule has 272 valence electrons. The number of ether oxygens (including phenoxy) is 3. The Bertz CT molecular complexity index is 1720. The van der Waals surface area contributed by atoms with Crippen molar-refractivity contribution in [3.8, 4) is 5.75 Å². The summed E-state index contributed by atoms with van der Waals surface area (Å²) in [4.78, 5) is 41.0. The fourth-order valence-electron chi connectivity index (χ4n) is 6.32. The highest BCUT2D eigenvalue weighted by Gasteiger charge is 2.34. The van der Waals surface area contributed by atoms with E-state index in [1.54, 1.807) is 0 Å². The second kappa shape index (κ2) is 20.0. The van der Waals surface area contributed by atoms with Gasteiger partial charge in [-0.25, -0.2) is 0 Å². The lowest BCUT2D eigenvalue weighted by molar-refractivity contribution is -0.158. The van der Waals surface area contributed by atoms with E-state index in [0.29, 0.717) is 25.9 Å². The molecular formula is C43H48N2O7. The van der Waals surface area contributed by atoms with E-state index in [2.05, 4.69) is 10.6 Å².